The number of rotatable bonds is 5. The van der Waals surface area contributed by atoms with Crippen LogP contribution in [-0.2, 0) is 13.1 Å². The van der Waals surface area contributed by atoms with Gasteiger partial charge in [-0.25, -0.2) is 4.98 Å². The first-order valence-electron chi connectivity index (χ1n) is 6.98. The first-order chi connectivity index (χ1) is 9.79. The molecule has 0 saturated heterocycles. The van der Waals surface area contributed by atoms with Crippen molar-refractivity contribution in [2.24, 2.45) is 0 Å². The van der Waals surface area contributed by atoms with Crippen molar-refractivity contribution >= 4 is 10.9 Å². The number of hydrogen-bond acceptors (Lipinski definition) is 2. The van der Waals surface area contributed by atoms with Crippen molar-refractivity contribution in [1.82, 2.24) is 14.1 Å². The van der Waals surface area contributed by atoms with E-state index in [9.17, 15) is 0 Å². The lowest BCUT2D eigenvalue weighted by Crippen LogP contribution is -2.07. The Morgan fingerprint density at radius 2 is 1.95 bits per heavy atom. The molecule has 0 N–H and O–H groups in total. The SMILES string of the molecule is CCOc1cccc2c1ccn2CCn1ccnc1C. The van der Waals surface area contributed by atoms with Gasteiger partial charge in [0, 0.05) is 37.1 Å². The van der Waals surface area contributed by atoms with E-state index >= 15 is 0 Å². The van der Waals surface area contributed by atoms with E-state index in [-0.39, 0.29) is 0 Å². The third kappa shape index (κ3) is 2.29. The fourth-order valence-electron chi connectivity index (χ4n) is 2.53. The first-order valence-corrected chi connectivity index (χ1v) is 6.98. The molecular weight excluding hydrogens is 250 g/mol. The van der Waals surface area contributed by atoms with Gasteiger partial charge in [0.25, 0.3) is 0 Å². The molecule has 20 heavy (non-hydrogen) atoms. The van der Waals surface area contributed by atoms with E-state index in [4.69, 9.17) is 4.74 Å². The zero-order chi connectivity index (χ0) is 13.9. The van der Waals surface area contributed by atoms with Crippen molar-refractivity contribution < 1.29 is 4.74 Å². The fraction of sp³-hybridized carbons (Fsp3) is 0.312. The highest BCUT2D eigenvalue weighted by Crippen LogP contribution is 2.26. The molecular formula is C16H19N3O. The topological polar surface area (TPSA) is 32.0 Å². The summed E-state index contributed by atoms with van der Waals surface area (Å²) in [5.74, 6) is 2.01. The Kier molecular flexibility index (Phi) is 3.46. The molecule has 0 spiro atoms. The molecule has 0 bridgehead atoms. The Bertz CT molecular complexity index is 711. The van der Waals surface area contributed by atoms with Crippen molar-refractivity contribution in [3.8, 4) is 5.75 Å². The molecule has 0 radical (unpaired) electrons. The standard InChI is InChI=1S/C16H19N3O/c1-3-20-16-6-4-5-15-14(16)7-9-19(15)12-11-18-10-8-17-13(18)2/h4-10H,3,11-12H2,1-2H3. The molecule has 0 saturated carbocycles. The van der Waals surface area contributed by atoms with E-state index in [1.165, 1.54) is 10.9 Å². The highest BCUT2D eigenvalue weighted by Gasteiger charge is 2.06. The maximum atomic E-state index is 5.67. The van der Waals surface area contributed by atoms with Gasteiger partial charge in [0.15, 0.2) is 0 Å². The molecule has 0 aliphatic rings. The van der Waals surface area contributed by atoms with Crippen molar-refractivity contribution in [3.63, 3.8) is 0 Å². The van der Waals surface area contributed by atoms with Crippen LogP contribution in [0.2, 0.25) is 0 Å². The lowest BCUT2D eigenvalue weighted by Gasteiger charge is -2.09. The zero-order valence-electron chi connectivity index (χ0n) is 11.9. The summed E-state index contributed by atoms with van der Waals surface area (Å²) in [7, 11) is 0. The summed E-state index contributed by atoms with van der Waals surface area (Å²) >= 11 is 0. The molecule has 0 unspecified atom stereocenters. The van der Waals surface area contributed by atoms with Crippen LogP contribution in [0.4, 0.5) is 0 Å². The smallest absolute Gasteiger partial charge is 0.128 e. The van der Waals surface area contributed by atoms with E-state index in [1.54, 1.807) is 0 Å². The molecule has 0 amide bonds. The van der Waals surface area contributed by atoms with Gasteiger partial charge in [-0.3, -0.25) is 0 Å². The molecule has 2 heterocycles. The molecule has 0 aliphatic carbocycles. The van der Waals surface area contributed by atoms with E-state index < -0.39 is 0 Å². The van der Waals surface area contributed by atoms with Crippen LogP contribution in [0.15, 0.2) is 42.9 Å². The van der Waals surface area contributed by atoms with E-state index in [1.807, 2.05) is 38.4 Å². The van der Waals surface area contributed by atoms with Crippen molar-refractivity contribution in [2.45, 2.75) is 26.9 Å². The predicted octanol–water partition coefficient (Wildman–Crippen LogP) is 3.25. The Balaban J connectivity index is 1.85. The fourth-order valence-corrected chi connectivity index (χ4v) is 2.53. The number of hydrogen-bond donors (Lipinski definition) is 0. The van der Waals surface area contributed by atoms with E-state index in [0.29, 0.717) is 6.61 Å². The summed E-state index contributed by atoms with van der Waals surface area (Å²) in [6.07, 6.45) is 5.99. The van der Waals surface area contributed by atoms with Gasteiger partial charge in [-0.1, -0.05) is 6.07 Å². The van der Waals surface area contributed by atoms with Gasteiger partial charge in [-0.2, -0.15) is 0 Å². The Morgan fingerprint density at radius 1 is 1.10 bits per heavy atom. The zero-order valence-corrected chi connectivity index (χ0v) is 11.9. The van der Waals surface area contributed by atoms with Crippen LogP contribution >= 0.6 is 0 Å². The summed E-state index contributed by atoms with van der Waals surface area (Å²) in [4.78, 5) is 4.25. The molecule has 4 heteroatoms. The lowest BCUT2D eigenvalue weighted by molar-refractivity contribution is 0.344. The second-order valence-corrected chi connectivity index (χ2v) is 4.80. The summed E-state index contributed by atoms with van der Waals surface area (Å²) < 4.78 is 10.1. The Hall–Kier alpha value is -2.23. The van der Waals surface area contributed by atoms with Crippen molar-refractivity contribution in [1.29, 1.82) is 0 Å². The highest BCUT2D eigenvalue weighted by atomic mass is 16.5. The summed E-state index contributed by atoms with van der Waals surface area (Å²) in [5.41, 5.74) is 1.22. The molecule has 3 aromatic rings. The van der Waals surface area contributed by atoms with Crippen LogP contribution in [0.25, 0.3) is 10.9 Å². The number of nitrogens with zero attached hydrogens (tertiary/aromatic N) is 3. The Labute approximate surface area is 118 Å². The van der Waals surface area contributed by atoms with Gasteiger partial charge in [-0.15, -0.1) is 0 Å². The number of aryl methyl sites for hydroxylation is 3. The van der Waals surface area contributed by atoms with E-state index in [0.717, 1.165) is 24.7 Å². The largest absolute Gasteiger partial charge is 0.493 e. The van der Waals surface area contributed by atoms with Gasteiger partial charge >= 0.3 is 0 Å². The maximum Gasteiger partial charge on any atom is 0.128 e. The third-order valence-electron chi connectivity index (χ3n) is 3.58. The van der Waals surface area contributed by atoms with Crippen molar-refractivity contribution in [3.05, 3.63) is 48.7 Å². The molecule has 0 atom stereocenters. The quantitative estimate of drug-likeness (QED) is 0.712. The molecule has 0 fully saturated rings. The van der Waals surface area contributed by atoms with Gasteiger partial charge in [0.05, 0.1) is 12.1 Å². The molecule has 4 nitrogen and oxygen atoms in total. The number of imidazole rings is 1. The third-order valence-corrected chi connectivity index (χ3v) is 3.58. The predicted molar refractivity (Wildman–Crippen MR) is 80.1 cm³/mol. The van der Waals surface area contributed by atoms with Crippen LogP contribution < -0.4 is 4.74 Å². The minimum atomic E-state index is 0.693. The van der Waals surface area contributed by atoms with Crippen molar-refractivity contribution in [2.75, 3.05) is 6.61 Å². The summed E-state index contributed by atoms with van der Waals surface area (Å²) in [5, 5.41) is 1.18. The molecule has 1 aromatic carbocycles. The Morgan fingerprint density at radius 3 is 2.70 bits per heavy atom. The van der Waals surface area contributed by atoms with Crippen LogP contribution in [0.1, 0.15) is 12.7 Å². The summed E-state index contributed by atoms with van der Waals surface area (Å²) in [6.45, 7) is 6.59. The molecule has 2 aromatic heterocycles. The van der Waals surface area contributed by atoms with Crippen LogP contribution in [0.5, 0.6) is 5.75 Å². The average molecular weight is 269 g/mol. The minimum absolute atomic E-state index is 0.693. The number of aromatic nitrogens is 3. The average Bonchev–Trinajstić information content (AvgIpc) is 3.04. The van der Waals surface area contributed by atoms with Gasteiger partial charge in [-0.05, 0) is 32.0 Å². The second-order valence-electron chi connectivity index (χ2n) is 4.80. The normalized spacial score (nSPS) is 11.1. The number of fused-ring (bicyclic) bond motifs is 1. The monoisotopic (exact) mass is 269 g/mol. The molecule has 0 aliphatic heterocycles. The molecule has 3 rings (SSSR count). The lowest BCUT2D eigenvalue weighted by atomic mass is 10.2. The first kappa shape index (κ1) is 12.8. The van der Waals surface area contributed by atoms with E-state index in [2.05, 4.69) is 32.4 Å². The number of benzene rings is 1. The molecule has 104 valence electrons. The van der Waals surface area contributed by atoms with Gasteiger partial charge in [0.1, 0.15) is 11.6 Å². The second kappa shape index (κ2) is 5.41. The minimum Gasteiger partial charge on any atom is -0.493 e. The van der Waals surface area contributed by atoms with Crippen LogP contribution in [0, 0.1) is 6.92 Å². The van der Waals surface area contributed by atoms with Crippen LogP contribution in [-0.4, -0.2) is 20.7 Å². The number of ether oxygens (including phenoxy) is 1. The van der Waals surface area contributed by atoms with Crippen LogP contribution in [0.3, 0.4) is 0 Å². The summed E-state index contributed by atoms with van der Waals surface area (Å²) in [6, 6.07) is 8.34. The van der Waals surface area contributed by atoms with Gasteiger partial charge in [0.2, 0.25) is 0 Å². The van der Waals surface area contributed by atoms with Gasteiger partial charge < -0.3 is 13.9 Å². The maximum absolute atomic E-state index is 5.67. The highest BCUT2D eigenvalue weighted by molar-refractivity contribution is 5.86.